The van der Waals surface area contributed by atoms with E-state index in [0.29, 0.717) is 6.54 Å². The number of nitrogens with two attached hydrogens (primary N) is 1. The summed E-state index contributed by atoms with van der Waals surface area (Å²) in [6, 6.07) is 0.410. The van der Waals surface area contributed by atoms with Crippen molar-refractivity contribution in [2.75, 3.05) is 12.3 Å². The smallest absolute Gasteiger partial charge is 0.214 e. The van der Waals surface area contributed by atoms with Gasteiger partial charge in [0, 0.05) is 18.6 Å². The number of nitrogens with zero attached hydrogens (tertiary/aromatic N) is 1. The van der Waals surface area contributed by atoms with Crippen molar-refractivity contribution in [3.8, 4) is 0 Å². The predicted molar refractivity (Wildman–Crippen MR) is 75.9 cm³/mol. The predicted octanol–water partition coefficient (Wildman–Crippen LogP) is 1.95. The van der Waals surface area contributed by atoms with Crippen molar-refractivity contribution >= 4 is 10.0 Å². The highest BCUT2D eigenvalue weighted by Crippen LogP contribution is 2.27. The fraction of sp³-hybridized carbons (Fsp3) is 1.00. The van der Waals surface area contributed by atoms with Crippen molar-refractivity contribution in [1.82, 2.24) is 4.31 Å². The first-order chi connectivity index (χ1) is 8.15. The molecule has 5 heteroatoms. The van der Waals surface area contributed by atoms with Gasteiger partial charge in [-0.2, -0.15) is 4.31 Å². The molecule has 0 amide bonds. The lowest BCUT2D eigenvalue weighted by Gasteiger charge is -2.36. The summed E-state index contributed by atoms with van der Waals surface area (Å²) in [7, 11) is -3.15. The van der Waals surface area contributed by atoms with Crippen molar-refractivity contribution in [1.29, 1.82) is 0 Å². The standard InChI is InChI=1S/C13H28N2O2S/c1-5-15(12-8-6-11(14)7-9-12)18(16,17)10-13(2,3)4/h11-12H,5-10,14H2,1-4H3. The summed E-state index contributed by atoms with van der Waals surface area (Å²) in [5.41, 5.74) is 5.68. The van der Waals surface area contributed by atoms with E-state index >= 15 is 0 Å². The van der Waals surface area contributed by atoms with Crippen LogP contribution >= 0.6 is 0 Å². The van der Waals surface area contributed by atoms with E-state index in [0.717, 1.165) is 25.7 Å². The second-order valence-electron chi connectivity index (χ2n) is 6.59. The van der Waals surface area contributed by atoms with Gasteiger partial charge in [0.15, 0.2) is 0 Å². The second-order valence-corrected chi connectivity index (χ2v) is 8.51. The molecule has 0 aromatic rings. The van der Waals surface area contributed by atoms with E-state index in [-0.39, 0.29) is 23.3 Å². The summed E-state index contributed by atoms with van der Waals surface area (Å²) in [6.07, 6.45) is 3.68. The maximum Gasteiger partial charge on any atom is 0.214 e. The fourth-order valence-electron chi connectivity index (χ4n) is 2.70. The SMILES string of the molecule is CCN(C1CCC(N)CC1)S(=O)(=O)CC(C)(C)C. The highest BCUT2D eigenvalue weighted by molar-refractivity contribution is 7.89. The van der Waals surface area contributed by atoms with Crippen LogP contribution in [-0.2, 0) is 10.0 Å². The third kappa shape index (κ3) is 4.52. The summed E-state index contributed by atoms with van der Waals surface area (Å²) < 4.78 is 26.6. The molecule has 0 bridgehead atoms. The lowest BCUT2D eigenvalue weighted by Crippen LogP contribution is -2.46. The quantitative estimate of drug-likeness (QED) is 0.853. The van der Waals surface area contributed by atoms with Gasteiger partial charge in [-0.15, -0.1) is 0 Å². The van der Waals surface area contributed by atoms with Crippen LogP contribution in [-0.4, -0.2) is 37.1 Å². The van der Waals surface area contributed by atoms with E-state index in [2.05, 4.69) is 0 Å². The van der Waals surface area contributed by atoms with Gasteiger partial charge < -0.3 is 5.73 Å². The largest absolute Gasteiger partial charge is 0.328 e. The molecule has 1 rings (SSSR count). The van der Waals surface area contributed by atoms with E-state index in [1.165, 1.54) is 0 Å². The molecule has 0 unspecified atom stereocenters. The summed E-state index contributed by atoms with van der Waals surface area (Å²) in [5.74, 6) is 0.219. The fourth-order valence-corrected chi connectivity index (χ4v) is 5.02. The highest BCUT2D eigenvalue weighted by atomic mass is 32.2. The first-order valence-electron chi connectivity index (χ1n) is 6.91. The van der Waals surface area contributed by atoms with Crippen LogP contribution in [0.5, 0.6) is 0 Å². The minimum atomic E-state index is -3.15. The first-order valence-corrected chi connectivity index (χ1v) is 8.52. The van der Waals surface area contributed by atoms with Crippen LogP contribution in [0.3, 0.4) is 0 Å². The molecule has 4 nitrogen and oxygen atoms in total. The molecule has 0 aromatic carbocycles. The van der Waals surface area contributed by atoms with E-state index in [4.69, 9.17) is 5.73 Å². The Morgan fingerprint density at radius 3 is 2.06 bits per heavy atom. The highest BCUT2D eigenvalue weighted by Gasteiger charge is 2.33. The third-order valence-electron chi connectivity index (χ3n) is 3.43. The summed E-state index contributed by atoms with van der Waals surface area (Å²) in [5, 5.41) is 0. The zero-order valence-corrected chi connectivity index (χ0v) is 13.0. The molecule has 0 saturated heterocycles. The normalized spacial score (nSPS) is 26.6. The Bertz CT molecular complexity index is 352. The Morgan fingerprint density at radius 1 is 1.17 bits per heavy atom. The van der Waals surface area contributed by atoms with Gasteiger partial charge in [0.2, 0.25) is 10.0 Å². The topological polar surface area (TPSA) is 63.4 Å². The maximum atomic E-state index is 12.5. The van der Waals surface area contributed by atoms with Crippen molar-refractivity contribution in [3.05, 3.63) is 0 Å². The Balaban J connectivity index is 2.76. The van der Waals surface area contributed by atoms with Gasteiger partial charge in [0.05, 0.1) is 5.75 Å². The van der Waals surface area contributed by atoms with Gasteiger partial charge in [0.1, 0.15) is 0 Å². The van der Waals surface area contributed by atoms with Gasteiger partial charge in [-0.1, -0.05) is 27.7 Å². The Labute approximate surface area is 112 Å². The lowest BCUT2D eigenvalue weighted by molar-refractivity contribution is 0.244. The van der Waals surface area contributed by atoms with Crippen molar-refractivity contribution in [2.24, 2.45) is 11.1 Å². The van der Waals surface area contributed by atoms with Gasteiger partial charge in [-0.25, -0.2) is 8.42 Å². The average Bonchev–Trinajstić information content (AvgIpc) is 2.17. The van der Waals surface area contributed by atoms with Crippen LogP contribution in [0.25, 0.3) is 0 Å². The van der Waals surface area contributed by atoms with Crippen LogP contribution in [0.2, 0.25) is 0 Å². The van der Waals surface area contributed by atoms with E-state index in [1.54, 1.807) is 4.31 Å². The molecule has 0 spiro atoms. The van der Waals surface area contributed by atoms with Gasteiger partial charge in [-0.05, 0) is 31.1 Å². The number of rotatable bonds is 4. The van der Waals surface area contributed by atoms with E-state index in [1.807, 2.05) is 27.7 Å². The molecule has 1 aliphatic rings. The third-order valence-corrected chi connectivity index (χ3v) is 5.93. The Kier molecular flexibility index (Phi) is 5.21. The molecule has 0 aromatic heterocycles. The molecular formula is C13H28N2O2S. The summed E-state index contributed by atoms with van der Waals surface area (Å²) >= 11 is 0. The molecule has 0 aliphatic heterocycles. The number of hydrogen-bond donors (Lipinski definition) is 1. The summed E-state index contributed by atoms with van der Waals surface area (Å²) in [6.45, 7) is 8.40. The Morgan fingerprint density at radius 2 is 1.67 bits per heavy atom. The molecule has 2 N–H and O–H groups in total. The van der Waals surface area contributed by atoms with Crippen LogP contribution in [0.15, 0.2) is 0 Å². The number of sulfonamides is 1. The zero-order chi connectivity index (χ0) is 14.0. The first kappa shape index (κ1) is 15.9. The lowest BCUT2D eigenvalue weighted by atomic mass is 9.92. The average molecular weight is 276 g/mol. The molecule has 1 saturated carbocycles. The molecule has 1 fully saturated rings. The van der Waals surface area contributed by atoms with Gasteiger partial charge in [-0.3, -0.25) is 0 Å². The van der Waals surface area contributed by atoms with Crippen molar-refractivity contribution in [2.45, 2.75) is 65.5 Å². The molecule has 18 heavy (non-hydrogen) atoms. The maximum absolute atomic E-state index is 12.5. The van der Waals surface area contributed by atoms with E-state index in [9.17, 15) is 8.42 Å². The molecule has 0 heterocycles. The van der Waals surface area contributed by atoms with Crippen LogP contribution in [0, 0.1) is 5.41 Å². The molecule has 0 radical (unpaired) electrons. The molecule has 1 aliphatic carbocycles. The van der Waals surface area contributed by atoms with Gasteiger partial charge in [0.25, 0.3) is 0 Å². The molecular weight excluding hydrogens is 248 g/mol. The van der Waals surface area contributed by atoms with Crippen LogP contribution in [0.4, 0.5) is 0 Å². The molecule has 108 valence electrons. The van der Waals surface area contributed by atoms with E-state index < -0.39 is 10.0 Å². The second kappa shape index (κ2) is 5.88. The van der Waals surface area contributed by atoms with Crippen LogP contribution < -0.4 is 5.73 Å². The van der Waals surface area contributed by atoms with Crippen LogP contribution in [0.1, 0.15) is 53.4 Å². The molecule has 0 atom stereocenters. The van der Waals surface area contributed by atoms with Gasteiger partial charge >= 0.3 is 0 Å². The number of hydrogen-bond acceptors (Lipinski definition) is 3. The zero-order valence-electron chi connectivity index (χ0n) is 12.1. The van der Waals surface area contributed by atoms with Crippen molar-refractivity contribution < 1.29 is 8.42 Å². The minimum Gasteiger partial charge on any atom is -0.328 e. The monoisotopic (exact) mass is 276 g/mol. The summed E-state index contributed by atoms with van der Waals surface area (Å²) in [4.78, 5) is 0. The Hall–Kier alpha value is -0.130. The van der Waals surface area contributed by atoms with Crippen molar-refractivity contribution in [3.63, 3.8) is 0 Å². The minimum absolute atomic E-state index is 0.155.